The Bertz CT molecular complexity index is 1180. The number of aromatic nitrogens is 4. The summed E-state index contributed by atoms with van der Waals surface area (Å²) in [4.78, 5) is 25.6. The summed E-state index contributed by atoms with van der Waals surface area (Å²) < 4.78 is 20.4. The van der Waals surface area contributed by atoms with Crippen molar-refractivity contribution in [3.8, 4) is 0 Å². The minimum atomic E-state index is -1.99. The molecule has 0 aliphatic carbocycles. The van der Waals surface area contributed by atoms with Crippen LogP contribution in [0.2, 0.25) is 18.1 Å². The molecule has 3 aromatic rings. The fraction of sp³-hybridized carbons (Fsp3) is 0.538. The smallest absolute Gasteiger partial charge is 0.302 e. The number of nitrogens with zero attached hydrogens (tertiary/aromatic N) is 4. The van der Waals surface area contributed by atoms with Crippen LogP contribution in [0.5, 0.6) is 0 Å². The van der Waals surface area contributed by atoms with Crippen LogP contribution in [0.3, 0.4) is 0 Å². The van der Waals surface area contributed by atoms with E-state index in [1.54, 1.807) is 12.7 Å². The third-order valence-electron chi connectivity index (χ3n) is 7.32. The molecule has 1 aliphatic heterocycles. The first-order valence-corrected chi connectivity index (χ1v) is 15.1. The molecule has 3 heterocycles. The van der Waals surface area contributed by atoms with E-state index in [1.807, 2.05) is 22.8 Å². The van der Waals surface area contributed by atoms with Gasteiger partial charge >= 0.3 is 5.97 Å². The Balaban J connectivity index is 1.59. The predicted molar refractivity (Wildman–Crippen MR) is 137 cm³/mol. The van der Waals surface area contributed by atoms with Crippen LogP contribution in [0, 0.1) is 0 Å². The lowest BCUT2D eigenvalue weighted by Crippen LogP contribution is -2.44. The van der Waals surface area contributed by atoms with Gasteiger partial charge in [-0.05, 0) is 23.7 Å². The molecule has 1 saturated heterocycles. The highest BCUT2D eigenvalue weighted by molar-refractivity contribution is 6.74. The van der Waals surface area contributed by atoms with Gasteiger partial charge in [-0.2, -0.15) is 0 Å². The molecular weight excluding hydrogens is 460 g/mol. The first-order chi connectivity index (χ1) is 16.5. The molecule has 0 N–H and O–H groups in total. The highest BCUT2D eigenvalue weighted by atomic mass is 28.4. The number of carbonyl (C=O) groups excluding carboxylic acids is 1. The van der Waals surface area contributed by atoms with Crippen molar-refractivity contribution >= 4 is 25.5 Å². The van der Waals surface area contributed by atoms with Crippen LogP contribution in [0.15, 0.2) is 43.0 Å². The van der Waals surface area contributed by atoms with Gasteiger partial charge in [0.15, 0.2) is 14.0 Å². The van der Waals surface area contributed by atoms with Crippen LogP contribution in [-0.4, -0.2) is 52.6 Å². The molecule has 4 atom stereocenters. The van der Waals surface area contributed by atoms with Crippen LogP contribution in [-0.2, 0) is 18.7 Å². The summed E-state index contributed by atoms with van der Waals surface area (Å²) in [7, 11) is -1.99. The SMILES string of the molecule is CC(=O)OC1CC(n2cnc3c(C(C)c4ccccc4)ncnc32)OC1CO[Si](C)(C)C(C)(C)C. The van der Waals surface area contributed by atoms with E-state index in [0.29, 0.717) is 18.7 Å². The Morgan fingerprint density at radius 2 is 1.91 bits per heavy atom. The standard InChI is InChI=1S/C26H36N4O4Si/c1-17(19-11-9-8-10-12-19)23-24-25(28-15-27-23)30(16-29-24)22-13-20(33-18(2)31)21(34-22)14-32-35(6,7)26(3,4)5/h8-12,15-17,20-22H,13-14H2,1-7H3. The minimum Gasteiger partial charge on any atom is -0.460 e. The van der Waals surface area contributed by atoms with Gasteiger partial charge in [0.2, 0.25) is 0 Å². The Kier molecular flexibility index (Phi) is 7.13. The van der Waals surface area contributed by atoms with E-state index in [1.165, 1.54) is 6.92 Å². The van der Waals surface area contributed by atoms with Gasteiger partial charge in [-0.25, -0.2) is 15.0 Å². The van der Waals surface area contributed by atoms with Crippen LogP contribution in [0.1, 0.15) is 64.4 Å². The average molecular weight is 497 g/mol. The zero-order chi connectivity index (χ0) is 25.4. The second-order valence-corrected chi connectivity index (χ2v) is 15.6. The number of imidazole rings is 1. The van der Waals surface area contributed by atoms with E-state index in [9.17, 15) is 4.79 Å². The molecular formula is C26H36N4O4Si. The zero-order valence-corrected chi connectivity index (χ0v) is 22.7. The van der Waals surface area contributed by atoms with Gasteiger partial charge in [0.1, 0.15) is 30.3 Å². The number of esters is 1. The lowest BCUT2D eigenvalue weighted by Gasteiger charge is -2.37. The molecule has 0 amide bonds. The van der Waals surface area contributed by atoms with E-state index in [-0.39, 0.29) is 29.3 Å². The average Bonchev–Trinajstić information content (AvgIpc) is 3.40. The highest BCUT2D eigenvalue weighted by Crippen LogP contribution is 2.39. The molecule has 188 valence electrons. The summed E-state index contributed by atoms with van der Waals surface area (Å²) >= 11 is 0. The Hall–Kier alpha value is -2.62. The Morgan fingerprint density at radius 3 is 2.57 bits per heavy atom. The van der Waals surface area contributed by atoms with Crippen LogP contribution in [0.25, 0.3) is 11.2 Å². The van der Waals surface area contributed by atoms with Crippen molar-refractivity contribution in [1.29, 1.82) is 0 Å². The first-order valence-electron chi connectivity index (χ1n) is 12.2. The first kappa shape index (κ1) is 25.5. The molecule has 0 spiro atoms. The van der Waals surface area contributed by atoms with E-state index in [4.69, 9.17) is 13.9 Å². The fourth-order valence-corrected chi connectivity index (χ4v) is 5.18. The zero-order valence-electron chi connectivity index (χ0n) is 21.7. The summed E-state index contributed by atoms with van der Waals surface area (Å²) in [6.45, 7) is 14.9. The van der Waals surface area contributed by atoms with E-state index < -0.39 is 14.4 Å². The Labute approximate surface area is 208 Å². The second kappa shape index (κ2) is 9.79. The van der Waals surface area contributed by atoms with Gasteiger partial charge in [0.25, 0.3) is 0 Å². The largest absolute Gasteiger partial charge is 0.460 e. The molecule has 9 heteroatoms. The molecule has 0 radical (unpaired) electrons. The molecule has 0 saturated carbocycles. The second-order valence-electron chi connectivity index (χ2n) is 10.8. The quantitative estimate of drug-likeness (QED) is 0.327. The summed E-state index contributed by atoms with van der Waals surface area (Å²) in [5.41, 5.74) is 3.48. The van der Waals surface area contributed by atoms with Crippen molar-refractivity contribution in [3.05, 3.63) is 54.2 Å². The number of hydrogen-bond acceptors (Lipinski definition) is 7. The number of hydrogen-bond donors (Lipinski definition) is 0. The lowest BCUT2D eigenvalue weighted by atomic mass is 9.97. The summed E-state index contributed by atoms with van der Waals surface area (Å²) in [6, 6.07) is 10.2. The molecule has 1 fully saturated rings. The third-order valence-corrected chi connectivity index (χ3v) is 11.8. The summed E-state index contributed by atoms with van der Waals surface area (Å²) in [6.07, 6.45) is 2.69. The maximum absolute atomic E-state index is 11.8. The molecule has 35 heavy (non-hydrogen) atoms. The molecule has 8 nitrogen and oxygen atoms in total. The number of ether oxygens (including phenoxy) is 2. The summed E-state index contributed by atoms with van der Waals surface area (Å²) in [5.74, 6) is -0.262. The molecule has 0 bridgehead atoms. The van der Waals surface area contributed by atoms with Gasteiger partial charge in [-0.3, -0.25) is 9.36 Å². The van der Waals surface area contributed by atoms with Crippen LogP contribution < -0.4 is 0 Å². The molecule has 1 aliphatic rings. The van der Waals surface area contributed by atoms with Crippen molar-refractivity contribution < 1.29 is 18.7 Å². The van der Waals surface area contributed by atoms with Gasteiger partial charge in [0, 0.05) is 19.3 Å². The van der Waals surface area contributed by atoms with Crippen molar-refractivity contribution in [2.45, 2.75) is 83.5 Å². The van der Waals surface area contributed by atoms with Gasteiger partial charge in [-0.1, -0.05) is 58.0 Å². The summed E-state index contributed by atoms with van der Waals surface area (Å²) in [5, 5.41) is 0.0747. The number of benzene rings is 1. The lowest BCUT2D eigenvalue weighted by molar-refractivity contribution is -0.150. The van der Waals surface area contributed by atoms with E-state index in [0.717, 1.165) is 16.8 Å². The van der Waals surface area contributed by atoms with Gasteiger partial charge < -0.3 is 13.9 Å². The van der Waals surface area contributed by atoms with E-state index in [2.05, 4.69) is 67.9 Å². The Morgan fingerprint density at radius 1 is 1.20 bits per heavy atom. The number of fused-ring (bicyclic) bond motifs is 1. The monoisotopic (exact) mass is 496 g/mol. The van der Waals surface area contributed by atoms with Crippen molar-refractivity contribution in [1.82, 2.24) is 19.5 Å². The van der Waals surface area contributed by atoms with Crippen LogP contribution in [0.4, 0.5) is 0 Å². The van der Waals surface area contributed by atoms with Crippen molar-refractivity contribution in [2.75, 3.05) is 6.61 Å². The molecule has 1 aromatic carbocycles. The van der Waals surface area contributed by atoms with Gasteiger partial charge in [0.05, 0.1) is 18.6 Å². The number of rotatable bonds is 7. The minimum absolute atomic E-state index is 0.0640. The third kappa shape index (κ3) is 5.32. The fourth-order valence-electron chi connectivity index (χ4n) is 4.16. The predicted octanol–water partition coefficient (Wildman–Crippen LogP) is 5.22. The maximum Gasteiger partial charge on any atom is 0.302 e. The van der Waals surface area contributed by atoms with E-state index >= 15 is 0 Å². The molecule has 4 rings (SSSR count). The molecule has 4 unspecified atom stereocenters. The topological polar surface area (TPSA) is 88.4 Å². The molecule has 2 aromatic heterocycles. The van der Waals surface area contributed by atoms with Gasteiger partial charge in [-0.15, -0.1) is 0 Å². The van der Waals surface area contributed by atoms with Crippen molar-refractivity contribution in [2.24, 2.45) is 0 Å². The normalized spacial score (nSPS) is 21.9. The maximum atomic E-state index is 11.8. The number of carbonyl (C=O) groups is 1. The van der Waals surface area contributed by atoms with Crippen molar-refractivity contribution in [3.63, 3.8) is 0 Å². The highest BCUT2D eigenvalue weighted by Gasteiger charge is 2.43. The van der Waals surface area contributed by atoms with Crippen LogP contribution >= 0.6 is 0 Å².